The standard InChI is InChI=1S/C14H15N5O/c1-9-6-12(7-15)19-14(18-9)17-8-13(20)10-2-4-11(16)5-3-10/h2-6,13,20H,8,16H2,1H3,(H,17,18,19). The van der Waals surface area contributed by atoms with E-state index in [4.69, 9.17) is 11.0 Å². The van der Waals surface area contributed by atoms with Gasteiger partial charge in [-0.25, -0.2) is 9.97 Å². The molecule has 6 nitrogen and oxygen atoms in total. The average molecular weight is 269 g/mol. The van der Waals surface area contributed by atoms with Gasteiger partial charge >= 0.3 is 0 Å². The minimum absolute atomic E-state index is 0.248. The monoisotopic (exact) mass is 269 g/mol. The molecule has 0 bridgehead atoms. The van der Waals surface area contributed by atoms with Crippen LogP contribution in [0.3, 0.4) is 0 Å². The molecular weight excluding hydrogens is 254 g/mol. The van der Waals surface area contributed by atoms with Gasteiger partial charge in [-0.05, 0) is 30.7 Å². The highest BCUT2D eigenvalue weighted by Gasteiger charge is 2.08. The van der Waals surface area contributed by atoms with Crippen LogP contribution in [0.5, 0.6) is 0 Å². The highest BCUT2D eigenvalue weighted by atomic mass is 16.3. The molecule has 0 aliphatic carbocycles. The van der Waals surface area contributed by atoms with Crippen molar-refractivity contribution in [1.29, 1.82) is 5.26 Å². The van der Waals surface area contributed by atoms with E-state index in [-0.39, 0.29) is 6.54 Å². The van der Waals surface area contributed by atoms with Gasteiger partial charge in [0.05, 0.1) is 6.10 Å². The van der Waals surface area contributed by atoms with E-state index in [0.717, 1.165) is 5.56 Å². The Kier molecular flexibility index (Phi) is 4.13. The van der Waals surface area contributed by atoms with Gasteiger partial charge in [0.1, 0.15) is 11.8 Å². The number of aryl methyl sites for hydroxylation is 1. The van der Waals surface area contributed by atoms with Crippen LogP contribution in [0.1, 0.15) is 23.1 Å². The summed E-state index contributed by atoms with van der Waals surface area (Å²) in [6.45, 7) is 2.03. The quantitative estimate of drug-likeness (QED) is 0.724. The Bertz CT molecular complexity index is 633. The lowest BCUT2D eigenvalue weighted by atomic mass is 10.1. The predicted molar refractivity (Wildman–Crippen MR) is 75.8 cm³/mol. The second-order valence-corrected chi connectivity index (χ2v) is 4.39. The lowest BCUT2D eigenvalue weighted by molar-refractivity contribution is 0.191. The molecule has 20 heavy (non-hydrogen) atoms. The van der Waals surface area contributed by atoms with Crippen molar-refractivity contribution < 1.29 is 5.11 Å². The topological polar surface area (TPSA) is 108 Å². The smallest absolute Gasteiger partial charge is 0.224 e. The summed E-state index contributed by atoms with van der Waals surface area (Å²) in [6.07, 6.45) is -0.703. The molecule has 1 atom stereocenters. The van der Waals surface area contributed by atoms with Crippen molar-refractivity contribution >= 4 is 11.6 Å². The van der Waals surface area contributed by atoms with Gasteiger partial charge in [-0.3, -0.25) is 0 Å². The van der Waals surface area contributed by atoms with Crippen molar-refractivity contribution in [2.75, 3.05) is 17.6 Å². The minimum Gasteiger partial charge on any atom is -0.399 e. The first-order valence-electron chi connectivity index (χ1n) is 6.11. The van der Waals surface area contributed by atoms with E-state index in [0.29, 0.717) is 23.0 Å². The maximum atomic E-state index is 10.0. The summed E-state index contributed by atoms with van der Waals surface area (Å²) < 4.78 is 0. The number of rotatable bonds is 4. The van der Waals surface area contributed by atoms with Crippen molar-refractivity contribution in [2.45, 2.75) is 13.0 Å². The lowest BCUT2D eigenvalue weighted by Crippen LogP contribution is -2.14. The number of anilines is 2. The first kappa shape index (κ1) is 13.8. The van der Waals surface area contributed by atoms with Crippen LogP contribution < -0.4 is 11.1 Å². The Morgan fingerprint density at radius 3 is 2.70 bits per heavy atom. The van der Waals surface area contributed by atoms with Crippen LogP contribution in [0.25, 0.3) is 0 Å². The first-order chi connectivity index (χ1) is 9.58. The summed E-state index contributed by atoms with van der Waals surface area (Å²) in [4.78, 5) is 8.17. The number of hydrogen-bond acceptors (Lipinski definition) is 6. The molecule has 0 aliphatic rings. The highest BCUT2D eigenvalue weighted by molar-refractivity contribution is 5.40. The zero-order chi connectivity index (χ0) is 14.5. The van der Waals surface area contributed by atoms with Crippen LogP contribution in [-0.2, 0) is 0 Å². The predicted octanol–water partition coefficient (Wildman–Crippen LogP) is 1.38. The molecule has 0 amide bonds. The molecule has 2 aromatic rings. The van der Waals surface area contributed by atoms with Crippen LogP contribution in [0.2, 0.25) is 0 Å². The summed E-state index contributed by atoms with van der Waals surface area (Å²) in [6, 6.07) is 10.6. The van der Waals surface area contributed by atoms with Gasteiger partial charge < -0.3 is 16.2 Å². The fourth-order valence-corrected chi connectivity index (χ4v) is 1.73. The van der Waals surface area contributed by atoms with Gasteiger partial charge in [-0.1, -0.05) is 12.1 Å². The third kappa shape index (κ3) is 3.43. The number of nitrogens with zero attached hydrogens (tertiary/aromatic N) is 3. The molecule has 0 saturated heterocycles. The van der Waals surface area contributed by atoms with Crippen LogP contribution >= 0.6 is 0 Å². The summed E-state index contributed by atoms with van der Waals surface area (Å²) in [5, 5.41) is 21.8. The number of aliphatic hydroxyl groups is 1. The number of aliphatic hydroxyl groups excluding tert-OH is 1. The van der Waals surface area contributed by atoms with Gasteiger partial charge in [0.25, 0.3) is 0 Å². The maximum absolute atomic E-state index is 10.0. The third-order valence-corrected chi connectivity index (χ3v) is 2.74. The van der Waals surface area contributed by atoms with E-state index < -0.39 is 6.10 Å². The normalized spacial score (nSPS) is 11.7. The SMILES string of the molecule is Cc1cc(C#N)nc(NCC(O)c2ccc(N)cc2)n1. The second-order valence-electron chi connectivity index (χ2n) is 4.39. The molecule has 4 N–H and O–H groups in total. The van der Waals surface area contributed by atoms with Crippen molar-refractivity contribution in [2.24, 2.45) is 0 Å². The minimum atomic E-state index is -0.703. The number of hydrogen-bond donors (Lipinski definition) is 3. The molecule has 1 aromatic carbocycles. The molecular formula is C14H15N5O. The molecule has 0 spiro atoms. The largest absolute Gasteiger partial charge is 0.399 e. The van der Waals surface area contributed by atoms with E-state index in [1.165, 1.54) is 0 Å². The fourth-order valence-electron chi connectivity index (χ4n) is 1.73. The zero-order valence-corrected chi connectivity index (χ0v) is 11.0. The van der Waals surface area contributed by atoms with E-state index in [1.807, 2.05) is 6.07 Å². The van der Waals surface area contributed by atoms with Crippen molar-refractivity contribution in [3.8, 4) is 6.07 Å². The summed E-state index contributed by atoms with van der Waals surface area (Å²) in [7, 11) is 0. The van der Waals surface area contributed by atoms with Crippen molar-refractivity contribution in [3.05, 3.63) is 47.3 Å². The number of nitriles is 1. The molecule has 6 heteroatoms. The Morgan fingerprint density at radius 2 is 2.05 bits per heavy atom. The Balaban J connectivity index is 2.03. The fraction of sp³-hybridized carbons (Fsp3) is 0.214. The molecule has 0 saturated carbocycles. The van der Waals surface area contributed by atoms with E-state index >= 15 is 0 Å². The number of aromatic nitrogens is 2. The number of benzene rings is 1. The second kappa shape index (κ2) is 5.99. The van der Waals surface area contributed by atoms with Gasteiger partial charge in [0.15, 0.2) is 0 Å². The van der Waals surface area contributed by atoms with Crippen LogP contribution in [0, 0.1) is 18.3 Å². The van der Waals surface area contributed by atoms with E-state index in [2.05, 4.69) is 15.3 Å². The maximum Gasteiger partial charge on any atom is 0.224 e. The molecule has 1 unspecified atom stereocenters. The number of nitrogens with two attached hydrogens (primary N) is 1. The Morgan fingerprint density at radius 1 is 1.35 bits per heavy atom. The van der Waals surface area contributed by atoms with E-state index in [9.17, 15) is 5.11 Å². The third-order valence-electron chi connectivity index (χ3n) is 2.74. The summed E-state index contributed by atoms with van der Waals surface area (Å²) >= 11 is 0. The average Bonchev–Trinajstić information content (AvgIpc) is 2.45. The van der Waals surface area contributed by atoms with Crippen LogP contribution in [0.15, 0.2) is 30.3 Å². The zero-order valence-electron chi connectivity index (χ0n) is 11.0. The lowest BCUT2D eigenvalue weighted by Gasteiger charge is -2.12. The molecule has 0 fully saturated rings. The van der Waals surface area contributed by atoms with Crippen LogP contribution in [-0.4, -0.2) is 21.6 Å². The summed E-state index contributed by atoms with van der Waals surface area (Å²) in [5.74, 6) is 0.330. The van der Waals surface area contributed by atoms with Gasteiger partial charge in [-0.15, -0.1) is 0 Å². The molecule has 0 aliphatic heterocycles. The number of nitrogens with one attached hydrogen (secondary N) is 1. The molecule has 1 heterocycles. The van der Waals surface area contributed by atoms with E-state index in [1.54, 1.807) is 37.3 Å². The molecule has 2 rings (SSSR count). The highest BCUT2D eigenvalue weighted by Crippen LogP contribution is 2.15. The van der Waals surface area contributed by atoms with Gasteiger partial charge in [-0.2, -0.15) is 5.26 Å². The van der Waals surface area contributed by atoms with Gasteiger partial charge in [0.2, 0.25) is 5.95 Å². The molecule has 102 valence electrons. The van der Waals surface area contributed by atoms with Crippen molar-refractivity contribution in [1.82, 2.24) is 9.97 Å². The van der Waals surface area contributed by atoms with Gasteiger partial charge in [0, 0.05) is 17.9 Å². The van der Waals surface area contributed by atoms with Crippen molar-refractivity contribution in [3.63, 3.8) is 0 Å². The van der Waals surface area contributed by atoms with Crippen LogP contribution in [0.4, 0.5) is 11.6 Å². The summed E-state index contributed by atoms with van der Waals surface area (Å²) in [5.41, 5.74) is 7.98. The Hall–Kier alpha value is -2.65. The molecule has 1 aromatic heterocycles. The molecule has 0 radical (unpaired) electrons. The Labute approximate surface area is 116 Å². The number of nitrogen functional groups attached to an aromatic ring is 1. The first-order valence-corrected chi connectivity index (χ1v) is 6.11.